The van der Waals surface area contributed by atoms with Gasteiger partial charge >= 0.3 is 0 Å². The smallest absolute Gasteiger partial charge is 0.267 e. The van der Waals surface area contributed by atoms with Gasteiger partial charge < -0.3 is 0 Å². The van der Waals surface area contributed by atoms with Crippen molar-refractivity contribution in [2.24, 2.45) is 16.9 Å². The Morgan fingerprint density at radius 1 is 1.32 bits per heavy atom. The molecule has 0 saturated heterocycles. The molecule has 2 unspecified atom stereocenters. The Hall–Kier alpha value is -1.06. The summed E-state index contributed by atoms with van der Waals surface area (Å²) in [5.41, 5.74) is 4.14. The highest BCUT2D eigenvalue weighted by Gasteiger charge is 2.36. The largest absolute Gasteiger partial charge is 0.272 e. The fraction of sp³-hybridized carbons (Fsp3) is 0.429. The maximum Gasteiger partial charge on any atom is 0.272 e. The van der Waals surface area contributed by atoms with E-state index in [2.05, 4.69) is 10.5 Å². The standard InChI is InChI=1S/C14H14Cl2N2O/c15-10-3-4-11(12(16)7-10)14(19)18-17-13-6-8-1-2-9(13)5-8/h3-4,7-9H,1-2,5-6H2,(H,18,19). The second-order valence-electron chi connectivity index (χ2n) is 5.25. The van der Waals surface area contributed by atoms with Crippen LogP contribution in [0.4, 0.5) is 0 Å². The lowest BCUT2D eigenvalue weighted by molar-refractivity contribution is 0.0954. The first-order chi connectivity index (χ1) is 9.13. The van der Waals surface area contributed by atoms with E-state index >= 15 is 0 Å². The van der Waals surface area contributed by atoms with E-state index in [1.165, 1.54) is 19.3 Å². The minimum atomic E-state index is -0.281. The van der Waals surface area contributed by atoms with Gasteiger partial charge in [0.25, 0.3) is 5.91 Å². The van der Waals surface area contributed by atoms with Gasteiger partial charge in [-0.2, -0.15) is 5.10 Å². The van der Waals surface area contributed by atoms with Crippen molar-refractivity contribution >= 4 is 34.8 Å². The van der Waals surface area contributed by atoms with Crippen molar-refractivity contribution in [3.05, 3.63) is 33.8 Å². The zero-order valence-electron chi connectivity index (χ0n) is 10.3. The van der Waals surface area contributed by atoms with Crippen LogP contribution in [-0.4, -0.2) is 11.6 Å². The van der Waals surface area contributed by atoms with Gasteiger partial charge in [-0.05, 0) is 55.7 Å². The summed E-state index contributed by atoms with van der Waals surface area (Å²) in [6.45, 7) is 0. The van der Waals surface area contributed by atoms with E-state index in [9.17, 15) is 4.79 Å². The summed E-state index contributed by atoms with van der Waals surface area (Å²) in [7, 11) is 0. The molecule has 1 N–H and O–H groups in total. The molecule has 0 radical (unpaired) electrons. The number of halogens is 2. The van der Waals surface area contributed by atoms with E-state index in [0.717, 1.165) is 18.1 Å². The molecule has 2 bridgehead atoms. The monoisotopic (exact) mass is 296 g/mol. The third-order valence-electron chi connectivity index (χ3n) is 3.99. The van der Waals surface area contributed by atoms with Gasteiger partial charge in [0.1, 0.15) is 0 Å². The lowest BCUT2D eigenvalue weighted by atomic mass is 9.99. The first-order valence-corrected chi connectivity index (χ1v) is 7.21. The van der Waals surface area contributed by atoms with E-state index in [1.54, 1.807) is 18.2 Å². The highest BCUT2D eigenvalue weighted by Crippen LogP contribution is 2.42. The summed E-state index contributed by atoms with van der Waals surface area (Å²) in [5.74, 6) is 1.07. The molecule has 0 heterocycles. The van der Waals surface area contributed by atoms with Crippen LogP contribution in [-0.2, 0) is 0 Å². The van der Waals surface area contributed by atoms with Crippen molar-refractivity contribution in [3.63, 3.8) is 0 Å². The maximum atomic E-state index is 12.0. The van der Waals surface area contributed by atoms with E-state index in [4.69, 9.17) is 23.2 Å². The van der Waals surface area contributed by atoms with E-state index in [0.29, 0.717) is 21.5 Å². The van der Waals surface area contributed by atoms with E-state index in [-0.39, 0.29) is 5.91 Å². The number of benzene rings is 1. The second-order valence-corrected chi connectivity index (χ2v) is 6.09. The predicted molar refractivity (Wildman–Crippen MR) is 76.8 cm³/mol. The van der Waals surface area contributed by atoms with Crippen molar-refractivity contribution in [1.82, 2.24) is 5.43 Å². The van der Waals surface area contributed by atoms with Gasteiger partial charge in [-0.25, -0.2) is 5.43 Å². The van der Waals surface area contributed by atoms with Crippen LogP contribution in [0.2, 0.25) is 10.0 Å². The quantitative estimate of drug-likeness (QED) is 0.826. The number of carbonyl (C=O) groups excluding carboxylic acids is 1. The summed E-state index contributed by atoms with van der Waals surface area (Å²) in [5, 5.41) is 5.13. The van der Waals surface area contributed by atoms with Crippen LogP contribution in [0, 0.1) is 11.8 Å². The van der Waals surface area contributed by atoms with Crippen molar-refractivity contribution in [1.29, 1.82) is 0 Å². The Kier molecular flexibility index (Phi) is 3.50. The van der Waals surface area contributed by atoms with Gasteiger partial charge in [0.2, 0.25) is 0 Å². The molecule has 100 valence electrons. The molecule has 2 fully saturated rings. The molecule has 1 amide bonds. The van der Waals surface area contributed by atoms with Crippen molar-refractivity contribution in [2.45, 2.75) is 25.7 Å². The number of rotatable bonds is 2. The Balaban J connectivity index is 1.70. The lowest BCUT2D eigenvalue weighted by Gasteiger charge is -2.11. The molecule has 3 rings (SSSR count). The van der Waals surface area contributed by atoms with Gasteiger partial charge in [-0.3, -0.25) is 4.79 Å². The van der Waals surface area contributed by atoms with Crippen molar-refractivity contribution < 1.29 is 4.79 Å². The summed E-state index contributed by atoms with van der Waals surface area (Å²) in [6, 6.07) is 4.82. The molecule has 0 aliphatic heterocycles. The predicted octanol–water partition coefficient (Wildman–Crippen LogP) is 3.90. The van der Waals surface area contributed by atoms with Crippen LogP contribution in [0.3, 0.4) is 0 Å². The lowest BCUT2D eigenvalue weighted by Crippen LogP contribution is -2.22. The molecule has 2 aliphatic carbocycles. The van der Waals surface area contributed by atoms with E-state index < -0.39 is 0 Å². The topological polar surface area (TPSA) is 41.5 Å². The number of hydrogen-bond donors (Lipinski definition) is 1. The Bertz CT molecular complexity index is 556. The number of fused-ring (bicyclic) bond motifs is 2. The van der Waals surface area contributed by atoms with Gasteiger partial charge in [0.15, 0.2) is 0 Å². The van der Waals surface area contributed by atoms with Gasteiger partial charge in [0, 0.05) is 10.7 Å². The van der Waals surface area contributed by atoms with Crippen LogP contribution in [0.15, 0.2) is 23.3 Å². The summed E-state index contributed by atoms with van der Waals surface area (Å²) in [4.78, 5) is 12.0. The first-order valence-electron chi connectivity index (χ1n) is 6.45. The number of nitrogens with one attached hydrogen (secondary N) is 1. The minimum Gasteiger partial charge on any atom is -0.267 e. The van der Waals surface area contributed by atoms with Gasteiger partial charge in [-0.15, -0.1) is 0 Å². The van der Waals surface area contributed by atoms with Gasteiger partial charge in [-0.1, -0.05) is 23.2 Å². The third-order valence-corrected chi connectivity index (χ3v) is 4.53. The molecule has 19 heavy (non-hydrogen) atoms. The number of carbonyl (C=O) groups is 1. The molecular formula is C14H14Cl2N2O. The highest BCUT2D eigenvalue weighted by molar-refractivity contribution is 6.36. The normalized spacial score (nSPS) is 26.9. The number of hydrazone groups is 1. The zero-order valence-corrected chi connectivity index (χ0v) is 11.8. The van der Waals surface area contributed by atoms with Crippen LogP contribution in [0.1, 0.15) is 36.0 Å². The molecule has 1 aromatic rings. The van der Waals surface area contributed by atoms with Crippen LogP contribution in [0.5, 0.6) is 0 Å². The molecule has 2 atom stereocenters. The van der Waals surface area contributed by atoms with E-state index in [1.807, 2.05) is 0 Å². The zero-order chi connectivity index (χ0) is 13.4. The summed E-state index contributed by atoms with van der Waals surface area (Å²) in [6.07, 6.45) is 4.78. The van der Waals surface area contributed by atoms with Crippen LogP contribution >= 0.6 is 23.2 Å². The number of amides is 1. The second kappa shape index (κ2) is 5.14. The summed E-state index contributed by atoms with van der Waals surface area (Å²) >= 11 is 11.8. The molecule has 0 aromatic heterocycles. The SMILES string of the molecule is O=C(NN=C1CC2CCC1C2)c1ccc(Cl)cc1Cl. The highest BCUT2D eigenvalue weighted by atomic mass is 35.5. The summed E-state index contributed by atoms with van der Waals surface area (Å²) < 4.78 is 0. The molecule has 2 saturated carbocycles. The number of nitrogens with zero attached hydrogens (tertiary/aromatic N) is 1. The minimum absolute atomic E-state index is 0.281. The molecule has 0 spiro atoms. The Morgan fingerprint density at radius 2 is 2.16 bits per heavy atom. The molecule has 1 aromatic carbocycles. The average Bonchev–Trinajstić information content (AvgIpc) is 2.98. The molecule has 2 aliphatic rings. The van der Waals surface area contributed by atoms with Crippen molar-refractivity contribution in [3.8, 4) is 0 Å². The van der Waals surface area contributed by atoms with Crippen LogP contribution < -0.4 is 5.43 Å². The average molecular weight is 297 g/mol. The Labute approximate surface area is 122 Å². The van der Waals surface area contributed by atoms with Gasteiger partial charge in [0.05, 0.1) is 10.6 Å². The third kappa shape index (κ3) is 2.63. The molecule has 5 heteroatoms. The fourth-order valence-corrected chi connectivity index (χ4v) is 3.51. The first kappa shape index (κ1) is 12.9. The molecule has 3 nitrogen and oxygen atoms in total. The van der Waals surface area contributed by atoms with Crippen molar-refractivity contribution in [2.75, 3.05) is 0 Å². The van der Waals surface area contributed by atoms with Crippen LogP contribution in [0.25, 0.3) is 0 Å². The molecular weight excluding hydrogens is 283 g/mol. The number of hydrogen-bond acceptors (Lipinski definition) is 2. The Morgan fingerprint density at radius 3 is 2.79 bits per heavy atom. The maximum absolute atomic E-state index is 12.0. The fourth-order valence-electron chi connectivity index (χ4n) is 3.02.